The van der Waals surface area contributed by atoms with Gasteiger partial charge < -0.3 is 5.11 Å². The van der Waals surface area contributed by atoms with Gasteiger partial charge in [0, 0.05) is 13.0 Å². The molecule has 0 amide bonds. The van der Waals surface area contributed by atoms with Crippen molar-refractivity contribution in [3.8, 4) is 0 Å². The second-order valence-corrected chi connectivity index (χ2v) is 6.43. The molecule has 0 spiro atoms. The standard InChI is InChI=1S/C24H22O3/c25-18-10-17-22(26)23(27)24(19-11-4-1-5-12-19,20-13-6-2-7-14-20)21-15-8-3-9-16-21/h1-9,11-16,25H,10,17-18H2. The van der Waals surface area contributed by atoms with Gasteiger partial charge in [0.25, 0.3) is 0 Å². The Kier molecular flexibility index (Phi) is 5.94. The summed E-state index contributed by atoms with van der Waals surface area (Å²) < 4.78 is 0. The van der Waals surface area contributed by atoms with E-state index in [1.165, 1.54) is 0 Å². The summed E-state index contributed by atoms with van der Waals surface area (Å²) in [5, 5.41) is 9.09. The normalized spacial score (nSPS) is 11.1. The lowest BCUT2D eigenvalue weighted by Gasteiger charge is -2.33. The van der Waals surface area contributed by atoms with Crippen molar-refractivity contribution >= 4 is 11.6 Å². The van der Waals surface area contributed by atoms with E-state index in [4.69, 9.17) is 5.11 Å². The van der Waals surface area contributed by atoms with E-state index >= 15 is 0 Å². The van der Waals surface area contributed by atoms with Crippen LogP contribution >= 0.6 is 0 Å². The molecule has 0 atom stereocenters. The van der Waals surface area contributed by atoms with E-state index in [-0.39, 0.29) is 19.4 Å². The van der Waals surface area contributed by atoms with Gasteiger partial charge in [-0.2, -0.15) is 0 Å². The maximum atomic E-state index is 13.6. The van der Waals surface area contributed by atoms with Gasteiger partial charge in [-0.05, 0) is 23.1 Å². The predicted octanol–water partition coefficient (Wildman–Crippen LogP) is 3.93. The van der Waals surface area contributed by atoms with Crippen molar-refractivity contribution in [3.05, 3.63) is 108 Å². The van der Waals surface area contributed by atoms with Crippen LogP contribution in [0.5, 0.6) is 0 Å². The SMILES string of the molecule is O=C(CCCO)C(=O)C(c1ccccc1)(c1ccccc1)c1ccccc1. The Hall–Kier alpha value is -3.04. The topological polar surface area (TPSA) is 54.4 Å². The third kappa shape index (κ3) is 3.60. The highest BCUT2D eigenvalue weighted by atomic mass is 16.3. The van der Waals surface area contributed by atoms with Gasteiger partial charge in [0.15, 0.2) is 5.78 Å². The van der Waals surface area contributed by atoms with E-state index in [0.29, 0.717) is 0 Å². The number of hydrogen-bond donors (Lipinski definition) is 1. The summed E-state index contributed by atoms with van der Waals surface area (Å²) >= 11 is 0. The molecular formula is C24H22O3. The molecule has 136 valence electrons. The van der Waals surface area contributed by atoms with E-state index in [0.717, 1.165) is 16.7 Å². The van der Waals surface area contributed by atoms with Crippen LogP contribution in [0.1, 0.15) is 29.5 Å². The van der Waals surface area contributed by atoms with Crippen molar-refractivity contribution in [1.82, 2.24) is 0 Å². The van der Waals surface area contributed by atoms with Gasteiger partial charge >= 0.3 is 0 Å². The van der Waals surface area contributed by atoms with Crippen LogP contribution in [0.4, 0.5) is 0 Å². The second-order valence-electron chi connectivity index (χ2n) is 6.43. The number of aliphatic hydroxyl groups excluding tert-OH is 1. The molecule has 0 fully saturated rings. The van der Waals surface area contributed by atoms with Crippen molar-refractivity contribution < 1.29 is 14.7 Å². The average Bonchev–Trinajstić information content (AvgIpc) is 2.75. The molecule has 0 saturated carbocycles. The highest BCUT2D eigenvalue weighted by Crippen LogP contribution is 2.40. The van der Waals surface area contributed by atoms with Crippen LogP contribution in [-0.2, 0) is 15.0 Å². The maximum absolute atomic E-state index is 13.6. The Morgan fingerprint density at radius 1 is 0.667 bits per heavy atom. The highest BCUT2D eigenvalue weighted by molar-refractivity contribution is 6.42. The third-order valence-corrected chi connectivity index (χ3v) is 4.78. The van der Waals surface area contributed by atoms with Gasteiger partial charge in [0.1, 0.15) is 5.41 Å². The summed E-state index contributed by atoms with van der Waals surface area (Å²) in [6.07, 6.45) is 0.308. The van der Waals surface area contributed by atoms with Gasteiger partial charge in [-0.15, -0.1) is 0 Å². The van der Waals surface area contributed by atoms with Crippen LogP contribution in [-0.4, -0.2) is 23.3 Å². The van der Waals surface area contributed by atoms with Crippen LogP contribution < -0.4 is 0 Å². The Balaban J connectivity index is 2.29. The molecule has 3 nitrogen and oxygen atoms in total. The molecule has 3 aromatic rings. The number of hydrogen-bond acceptors (Lipinski definition) is 3. The van der Waals surface area contributed by atoms with Gasteiger partial charge in [0.05, 0.1) is 0 Å². The molecule has 3 rings (SSSR count). The molecule has 0 aliphatic heterocycles. The number of ketones is 2. The molecule has 0 aliphatic rings. The van der Waals surface area contributed by atoms with Crippen molar-refractivity contribution in [2.75, 3.05) is 6.61 Å². The molecule has 1 N–H and O–H groups in total. The summed E-state index contributed by atoms with van der Waals surface area (Å²) in [5.74, 6) is -0.944. The summed E-state index contributed by atoms with van der Waals surface area (Å²) in [4.78, 5) is 26.4. The van der Waals surface area contributed by atoms with Gasteiger partial charge in [-0.1, -0.05) is 91.0 Å². The molecule has 0 aliphatic carbocycles. The third-order valence-electron chi connectivity index (χ3n) is 4.78. The second kappa shape index (κ2) is 8.56. The molecule has 0 unspecified atom stereocenters. The van der Waals surface area contributed by atoms with Crippen LogP contribution in [0.15, 0.2) is 91.0 Å². The Morgan fingerprint density at radius 2 is 1.04 bits per heavy atom. The first-order chi connectivity index (χ1) is 13.2. The number of benzene rings is 3. The van der Waals surface area contributed by atoms with E-state index in [1.54, 1.807) is 0 Å². The predicted molar refractivity (Wildman–Crippen MR) is 106 cm³/mol. The van der Waals surface area contributed by atoms with Gasteiger partial charge in [0.2, 0.25) is 5.78 Å². The van der Waals surface area contributed by atoms with Crippen LogP contribution in [0.2, 0.25) is 0 Å². The largest absolute Gasteiger partial charge is 0.396 e. The quantitative estimate of drug-likeness (QED) is 0.490. The van der Waals surface area contributed by atoms with Crippen LogP contribution in [0.3, 0.4) is 0 Å². The number of aliphatic hydroxyl groups is 1. The average molecular weight is 358 g/mol. The monoisotopic (exact) mass is 358 g/mol. The minimum atomic E-state index is -1.21. The summed E-state index contributed by atoms with van der Waals surface area (Å²) in [7, 11) is 0. The van der Waals surface area contributed by atoms with E-state index in [9.17, 15) is 9.59 Å². The molecule has 3 aromatic carbocycles. The first kappa shape index (κ1) is 18.7. The van der Waals surface area contributed by atoms with Crippen molar-refractivity contribution in [1.29, 1.82) is 0 Å². The minimum Gasteiger partial charge on any atom is -0.396 e. The summed E-state index contributed by atoms with van der Waals surface area (Å²) in [6, 6.07) is 28.2. The lowest BCUT2D eigenvalue weighted by atomic mass is 9.65. The first-order valence-corrected chi connectivity index (χ1v) is 9.06. The van der Waals surface area contributed by atoms with Crippen LogP contribution in [0.25, 0.3) is 0 Å². The smallest absolute Gasteiger partial charge is 0.217 e. The zero-order valence-electron chi connectivity index (χ0n) is 15.0. The first-order valence-electron chi connectivity index (χ1n) is 9.06. The summed E-state index contributed by atoms with van der Waals surface area (Å²) in [5.41, 5.74) is 1.05. The molecule has 0 heterocycles. The molecule has 0 bridgehead atoms. The Bertz CT molecular complexity index is 790. The fourth-order valence-corrected chi connectivity index (χ4v) is 3.52. The molecule has 27 heavy (non-hydrogen) atoms. The molecule has 0 saturated heterocycles. The Labute approximate surface area is 159 Å². The zero-order valence-corrected chi connectivity index (χ0v) is 15.0. The minimum absolute atomic E-state index is 0.0313. The lowest BCUT2D eigenvalue weighted by molar-refractivity contribution is -0.138. The fourth-order valence-electron chi connectivity index (χ4n) is 3.52. The fraction of sp³-hybridized carbons (Fsp3) is 0.167. The highest BCUT2D eigenvalue weighted by Gasteiger charge is 2.46. The van der Waals surface area contributed by atoms with Crippen molar-refractivity contribution in [2.45, 2.75) is 18.3 Å². The van der Waals surface area contributed by atoms with Crippen molar-refractivity contribution in [2.24, 2.45) is 0 Å². The Morgan fingerprint density at radius 3 is 1.37 bits per heavy atom. The summed E-state index contributed by atoms with van der Waals surface area (Å²) in [6.45, 7) is -0.117. The zero-order chi connectivity index (χ0) is 19.1. The maximum Gasteiger partial charge on any atom is 0.217 e. The number of carbonyl (C=O) groups is 2. The van der Waals surface area contributed by atoms with Crippen LogP contribution in [0, 0.1) is 0 Å². The molecule has 3 heteroatoms. The molecule has 0 radical (unpaired) electrons. The lowest BCUT2D eigenvalue weighted by Crippen LogP contribution is -2.42. The van der Waals surface area contributed by atoms with Gasteiger partial charge in [-0.3, -0.25) is 9.59 Å². The molecular weight excluding hydrogens is 336 g/mol. The van der Waals surface area contributed by atoms with Gasteiger partial charge in [-0.25, -0.2) is 0 Å². The molecule has 0 aromatic heterocycles. The number of rotatable bonds is 8. The number of Topliss-reactive ketones (excluding diaryl/α,β-unsaturated/α-hetero) is 2. The number of carbonyl (C=O) groups excluding carboxylic acids is 2. The van der Waals surface area contributed by atoms with E-state index in [2.05, 4.69) is 0 Å². The van der Waals surface area contributed by atoms with Crippen molar-refractivity contribution in [3.63, 3.8) is 0 Å². The van der Waals surface area contributed by atoms with E-state index < -0.39 is 17.0 Å². The van der Waals surface area contributed by atoms with E-state index in [1.807, 2.05) is 91.0 Å².